The van der Waals surface area contributed by atoms with Crippen molar-refractivity contribution in [1.29, 1.82) is 0 Å². The summed E-state index contributed by atoms with van der Waals surface area (Å²) in [4.78, 5) is 28.3. The number of carboxylic acid groups (broad SMARTS) is 1. The van der Waals surface area contributed by atoms with Crippen molar-refractivity contribution in [3.63, 3.8) is 0 Å². The second kappa shape index (κ2) is 14.1. The fraction of sp³-hybridized carbons (Fsp3) is 0.433. The van der Waals surface area contributed by atoms with Gasteiger partial charge in [0.2, 0.25) is 5.89 Å². The van der Waals surface area contributed by atoms with Crippen LogP contribution in [0.2, 0.25) is 0 Å². The van der Waals surface area contributed by atoms with E-state index in [1.54, 1.807) is 32.0 Å². The maximum absolute atomic E-state index is 12.5. The molecule has 1 aliphatic heterocycles. The maximum Gasteiger partial charge on any atom is 0.327 e. The second-order valence-corrected chi connectivity index (χ2v) is 10.1. The van der Waals surface area contributed by atoms with E-state index in [4.69, 9.17) is 29.5 Å². The van der Waals surface area contributed by atoms with Crippen molar-refractivity contribution in [1.82, 2.24) is 9.99 Å². The minimum atomic E-state index is -1.06. The third kappa shape index (κ3) is 8.53. The zero-order valence-corrected chi connectivity index (χ0v) is 23.7. The molecular weight excluding hydrogens is 528 g/mol. The molecule has 0 spiro atoms. The Balaban J connectivity index is 1.38. The molecule has 1 unspecified atom stereocenters. The molecule has 3 aromatic rings. The molecular formula is C30H38N4O7. The lowest BCUT2D eigenvalue weighted by Gasteiger charge is -2.27. The van der Waals surface area contributed by atoms with E-state index >= 15 is 0 Å². The van der Waals surface area contributed by atoms with Crippen LogP contribution in [0.15, 0.2) is 46.9 Å². The molecule has 1 atom stereocenters. The number of aryl methyl sites for hydroxylation is 2. The number of carbonyl (C=O) groups excluding carboxylic acids is 1. The molecule has 11 heteroatoms. The van der Waals surface area contributed by atoms with Crippen molar-refractivity contribution in [3.8, 4) is 17.2 Å². The Bertz CT molecular complexity index is 1320. The highest BCUT2D eigenvalue weighted by Gasteiger charge is 2.23. The van der Waals surface area contributed by atoms with E-state index < -0.39 is 18.0 Å². The summed E-state index contributed by atoms with van der Waals surface area (Å²) in [6, 6.07) is 12.0. The summed E-state index contributed by atoms with van der Waals surface area (Å²) in [6.45, 7) is 8.76. The van der Waals surface area contributed by atoms with Gasteiger partial charge in [-0.05, 0) is 74.7 Å². The third-order valence-electron chi connectivity index (χ3n) is 6.60. The summed E-state index contributed by atoms with van der Waals surface area (Å²) < 4.78 is 22.6. The van der Waals surface area contributed by atoms with Crippen LogP contribution >= 0.6 is 0 Å². The lowest BCUT2D eigenvalue weighted by Crippen LogP contribution is -2.40. The van der Waals surface area contributed by atoms with Gasteiger partial charge in [0.25, 0.3) is 0 Å². The van der Waals surface area contributed by atoms with Crippen molar-refractivity contribution in [2.75, 3.05) is 38.3 Å². The Labute approximate surface area is 239 Å². The highest BCUT2D eigenvalue weighted by Crippen LogP contribution is 2.27. The lowest BCUT2D eigenvalue weighted by molar-refractivity contribution is -0.149. The average molecular weight is 567 g/mol. The largest absolute Gasteiger partial charge is 0.493 e. The standard InChI is InChI=1S/C30H38N4O7/c1-19(2)40-30(37)28(31)25-18-24(10-6-21(25)7-11-27(35)36)39-15-12-26-20(3)41-29(32-26)22-4-8-23(9-5-22)33-34-13-16-38-17-14-34/h4-6,8-10,18-19,28,33H,7,11-17,31H2,1-3H3,(H,35,36). The molecule has 220 valence electrons. The van der Waals surface area contributed by atoms with Crippen LogP contribution in [0.1, 0.15) is 48.9 Å². The lowest BCUT2D eigenvalue weighted by atomic mass is 9.97. The summed E-state index contributed by atoms with van der Waals surface area (Å²) in [6.07, 6.45) is 0.332. The summed E-state index contributed by atoms with van der Waals surface area (Å²) >= 11 is 0. The SMILES string of the molecule is Cc1oc(-c2ccc(NN3CCOCC3)cc2)nc1CCOc1ccc(CCC(=O)O)c(C(N)C(=O)OC(C)C)c1. The summed E-state index contributed by atoms with van der Waals surface area (Å²) in [7, 11) is 0. The zero-order chi connectivity index (χ0) is 29.4. The van der Waals surface area contributed by atoms with E-state index in [1.165, 1.54) is 0 Å². The number of esters is 1. The van der Waals surface area contributed by atoms with Gasteiger partial charge in [-0.3, -0.25) is 4.79 Å². The van der Waals surface area contributed by atoms with E-state index in [-0.39, 0.29) is 18.9 Å². The molecule has 11 nitrogen and oxygen atoms in total. The number of oxazole rings is 1. The second-order valence-electron chi connectivity index (χ2n) is 10.1. The molecule has 0 saturated carbocycles. The van der Waals surface area contributed by atoms with Gasteiger partial charge in [-0.25, -0.2) is 14.8 Å². The first-order chi connectivity index (χ1) is 19.7. The van der Waals surface area contributed by atoms with E-state index in [0.29, 0.717) is 54.8 Å². The Morgan fingerprint density at radius 1 is 1.12 bits per heavy atom. The van der Waals surface area contributed by atoms with E-state index in [1.807, 2.05) is 31.2 Å². The number of nitrogens with zero attached hydrogens (tertiary/aromatic N) is 2. The number of anilines is 1. The smallest absolute Gasteiger partial charge is 0.327 e. The first-order valence-corrected chi connectivity index (χ1v) is 13.8. The van der Waals surface area contributed by atoms with Gasteiger partial charge in [-0.15, -0.1) is 0 Å². The van der Waals surface area contributed by atoms with Crippen LogP contribution in [0.3, 0.4) is 0 Å². The van der Waals surface area contributed by atoms with Gasteiger partial charge in [-0.2, -0.15) is 0 Å². The van der Waals surface area contributed by atoms with Crippen LogP contribution in [0.4, 0.5) is 5.69 Å². The number of hydrogen-bond donors (Lipinski definition) is 3. The molecule has 1 fully saturated rings. The number of nitrogens with one attached hydrogen (secondary N) is 1. The Morgan fingerprint density at radius 2 is 1.85 bits per heavy atom. The van der Waals surface area contributed by atoms with E-state index in [2.05, 4.69) is 15.4 Å². The van der Waals surface area contributed by atoms with Gasteiger partial charge in [-0.1, -0.05) is 6.07 Å². The minimum Gasteiger partial charge on any atom is -0.493 e. The average Bonchev–Trinajstić information content (AvgIpc) is 3.32. The van der Waals surface area contributed by atoms with Crippen molar-refractivity contribution in [3.05, 3.63) is 65.0 Å². The molecule has 0 amide bonds. The number of nitrogens with two attached hydrogens (primary N) is 1. The minimum absolute atomic E-state index is 0.0833. The van der Waals surface area contributed by atoms with Gasteiger partial charge in [0.05, 0.1) is 31.6 Å². The number of rotatable bonds is 13. The number of aromatic nitrogens is 1. The summed E-state index contributed by atoms with van der Waals surface area (Å²) in [5.41, 5.74) is 13.4. The van der Waals surface area contributed by atoms with Gasteiger partial charge in [0.1, 0.15) is 17.6 Å². The van der Waals surface area contributed by atoms with Crippen LogP contribution in [-0.2, 0) is 31.9 Å². The Kier molecular flexibility index (Phi) is 10.3. The molecule has 2 aromatic carbocycles. The van der Waals surface area contributed by atoms with Crippen LogP contribution in [-0.4, -0.2) is 66.1 Å². The number of hydrogen-bond acceptors (Lipinski definition) is 10. The molecule has 41 heavy (non-hydrogen) atoms. The number of ether oxygens (including phenoxy) is 3. The van der Waals surface area contributed by atoms with Crippen molar-refractivity contribution < 1.29 is 33.3 Å². The van der Waals surface area contributed by atoms with Crippen molar-refractivity contribution in [2.24, 2.45) is 5.73 Å². The highest BCUT2D eigenvalue weighted by molar-refractivity contribution is 5.78. The molecule has 1 saturated heterocycles. The van der Waals surface area contributed by atoms with Crippen LogP contribution in [0.25, 0.3) is 11.5 Å². The molecule has 4 rings (SSSR count). The maximum atomic E-state index is 12.5. The molecule has 0 radical (unpaired) electrons. The van der Waals surface area contributed by atoms with Crippen LogP contribution in [0, 0.1) is 6.92 Å². The van der Waals surface area contributed by atoms with Crippen molar-refractivity contribution in [2.45, 2.75) is 52.2 Å². The molecule has 0 bridgehead atoms. The van der Waals surface area contributed by atoms with Gasteiger partial charge in [0.15, 0.2) is 0 Å². The number of morpholine rings is 1. The topological polar surface area (TPSA) is 149 Å². The highest BCUT2D eigenvalue weighted by atomic mass is 16.5. The number of hydrazine groups is 1. The van der Waals surface area contributed by atoms with Crippen molar-refractivity contribution >= 4 is 17.6 Å². The first kappa shape index (κ1) is 30.0. The fourth-order valence-corrected chi connectivity index (χ4v) is 4.45. The van der Waals surface area contributed by atoms with Gasteiger partial charge >= 0.3 is 11.9 Å². The number of carbonyl (C=O) groups is 2. The molecule has 0 aliphatic carbocycles. The van der Waals surface area contributed by atoms with E-state index in [9.17, 15) is 9.59 Å². The zero-order valence-electron chi connectivity index (χ0n) is 23.7. The first-order valence-electron chi connectivity index (χ1n) is 13.8. The number of benzene rings is 2. The number of carboxylic acids is 1. The van der Waals surface area contributed by atoms with Crippen LogP contribution < -0.4 is 15.9 Å². The van der Waals surface area contributed by atoms with Crippen LogP contribution in [0.5, 0.6) is 5.75 Å². The third-order valence-corrected chi connectivity index (χ3v) is 6.60. The monoisotopic (exact) mass is 566 g/mol. The van der Waals surface area contributed by atoms with E-state index in [0.717, 1.165) is 30.0 Å². The fourth-order valence-electron chi connectivity index (χ4n) is 4.45. The molecule has 1 aliphatic rings. The predicted molar refractivity (Wildman–Crippen MR) is 152 cm³/mol. The quantitative estimate of drug-likeness (QED) is 0.259. The molecule has 2 heterocycles. The Morgan fingerprint density at radius 3 is 2.54 bits per heavy atom. The summed E-state index contributed by atoms with van der Waals surface area (Å²) in [5, 5.41) is 11.2. The van der Waals surface area contributed by atoms with Gasteiger partial charge < -0.3 is 34.9 Å². The summed E-state index contributed by atoms with van der Waals surface area (Å²) in [5.74, 6) is 0.246. The molecule has 4 N–H and O–H groups in total. The van der Waals surface area contributed by atoms with Gasteiger partial charge in [0, 0.05) is 37.2 Å². The Hall–Kier alpha value is -3.93. The number of aliphatic carboxylic acids is 1. The normalized spacial score (nSPS) is 14.6. The molecule has 1 aromatic heterocycles. The predicted octanol–water partition coefficient (Wildman–Crippen LogP) is 3.90.